The molecule has 0 radical (unpaired) electrons. The van der Waals surface area contributed by atoms with Crippen LogP contribution < -0.4 is 26.2 Å². The number of pyridine rings is 1. The molecule has 4 nitrogen and oxygen atoms in total. The topological polar surface area (TPSA) is 23.8 Å². The van der Waals surface area contributed by atoms with Gasteiger partial charge in [-0.25, -0.2) is 4.98 Å². The molecule has 8 aromatic carbocycles. The van der Waals surface area contributed by atoms with Gasteiger partial charge in [-0.05, 0) is 143 Å². The van der Waals surface area contributed by atoms with E-state index >= 15 is 0 Å². The summed E-state index contributed by atoms with van der Waals surface area (Å²) >= 11 is 1.97. The third kappa shape index (κ3) is 6.33. The minimum absolute atomic E-state index is 0.00220. The van der Waals surface area contributed by atoms with Crippen molar-refractivity contribution >= 4 is 107 Å². The Bertz CT molecular complexity index is 4150. The molecule has 0 atom stereocenters. The Morgan fingerprint density at radius 2 is 1.01 bits per heavy atom. The predicted molar refractivity (Wildman–Crippen MR) is 318 cm³/mol. The number of para-hydroxylation sites is 2. The smallest absolute Gasteiger partial charge is 0.252 e. The van der Waals surface area contributed by atoms with E-state index in [9.17, 15) is 0 Å². The van der Waals surface area contributed by atoms with Crippen LogP contribution in [0.1, 0.15) is 130 Å². The first-order valence-electron chi connectivity index (χ1n) is 26.8. The highest BCUT2D eigenvalue weighted by molar-refractivity contribution is 7.99. The van der Waals surface area contributed by atoms with E-state index in [-0.39, 0.29) is 33.8 Å². The van der Waals surface area contributed by atoms with Crippen LogP contribution >= 0.6 is 11.8 Å². The average Bonchev–Trinajstić information content (AvgIpc) is 3.82. The van der Waals surface area contributed by atoms with Crippen LogP contribution in [-0.2, 0) is 27.1 Å². The third-order valence-electron chi connectivity index (χ3n) is 17.3. The molecular weight excluding hydrogens is 916 g/mol. The Kier molecular flexibility index (Phi) is 9.14. The maximum Gasteiger partial charge on any atom is 0.252 e. The van der Waals surface area contributed by atoms with Crippen molar-refractivity contribution in [3.63, 3.8) is 0 Å². The Morgan fingerprint density at radius 3 is 1.70 bits per heavy atom. The van der Waals surface area contributed by atoms with Gasteiger partial charge in [0.1, 0.15) is 5.65 Å². The summed E-state index contributed by atoms with van der Waals surface area (Å²) in [5, 5.41) is 3.61. The molecule has 4 aliphatic rings. The summed E-state index contributed by atoms with van der Waals surface area (Å²) in [7, 11) is 0. The quantitative estimate of drug-likeness (QED) is 0.121. The maximum absolute atomic E-state index is 5.30. The summed E-state index contributed by atoms with van der Waals surface area (Å²) in [5.41, 5.74) is 26.4. The van der Waals surface area contributed by atoms with Crippen molar-refractivity contribution in [1.82, 2.24) is 9.38 Å². The lowest BCUT2D eigenvalue weighted by atomic mass is 9.32. The molecule has 0 aliphatic carbocycles. The molecule has 0 fully saturated rings. The van der Waals surface area contributed by atoms with E-state index in [2.05, 4.69) is 251 Å². The molecule has 0 saturated carbocycles. The largest absolute Gasteiger partial charge is 0.311 e. The van der Waals surface area contributed by atoms with E-state index < -0.39 is 0 Å². The lowest BCUT2D eigenvalue weighted by molar-refractivity contribution is 0.574. The molecule has 2 aromatic heterocycles. The molecule has 14 rings (SSSR count). The van der Waals surface area contributed by atoms with Crippen molar-refractivity contribution in [2.45, 2.75) is 134 Å². The zero-order valence-electron chi connectivity index (χ0n) is 45.6. The van der Waals surface area contributed by atoms with Gasteiger partial charge in [-0.3, -0.25) is 4.40 Å². The molecule has 10 aromatic rings. The summed E-state index contributed by atoms with van der Waals surface area (Å²) in [4.78, 5) is 13.3. The van der Waals surface area contributed by atoms with E-state index in [1.165, 1.54) is 121 Å². The lowest BCUT2D eigenvalue weighted by Gasteiger charge is -2.51. The minimum Gasteiger partial charge on any atom is -0.311 e. The van der Waals surface area contributed by atoms with Gasteiger partial charge in [0.25, 0.3) is 6.71 Å². The Morgan fingerprint density at radius 1 is 0.446 bits per heavy atom. The van der Waals surface area contributed by atoms with E-state index in [1.54, 1.807) is 0 Å². The number of hydrogen-bond acceptors (Lipinski definition) is 4. The molecule has 366 valence electrons. The average molecular weight is 981 g/mol. The molecule has 0 spiro atoms. The second kappa shape index (κ2) is 14.8. The second-order valence-electron chi connectivity index (χ2n) is 26.6. The normalized spacial score (nSPS) is 15.4. The van der Waals surface area contributed by atoms with Crippen LogP contribution in [-0.4, -0.2) is 16.1 Å². The molecule has 4 aliphatic heterocycles. The monoisotopic (exact) mass is 981 g/mol. The van der Waals surface area contributed by atoms with Crippen molar-refractivity contribution in [3.05, 3.63) is 173 Å². The molecule has 0 amide bonds. The minimum atomic E-state index is -0.274. The van der Waals surface area contributed by atoms with Gasteiger partial charge in [-0.1, -0.05) is 194 Å². The molecule has 6 heterocycles. The summed E-state index contributed by atoms with van der Waals surface area (Å²) in [5.74, 6) is 0. The highest BCUT2D eigenvalue weighted by atomic mass is 32.2. The summed E-state index contributed by atoms with van der Waals surface area (Å²) < 4.78 is 2.40. The Labute approximate surface area is 441 Å². The molecule has 0 N–H and O–H groups in total. The van der Waals surface area contributed by atoms with Crippen LogP contribution in [0.3, 0.4) is 0 Å². The standard InChI is InChI=1S/C68H65BN4S/c1-64(2,3)40-24-27-52-47(32-40)68(13,14)48-33-42(66(7,8)9)34-49-61(48)71(52)56-30-39(38-23-26-45-44-19-15-16-20-46(44)63-70-51-21-17-18-22-53(51)73(63)55(45)29-38)31-57-60(56)69(49)50-35-43(67(10,11)12)37-59-62(50)72(57)54-28-25-41(65(4,5)6)36-58(54)74-59/h15-37H,1-14H3. The molecule has 74 heavy (non-hydrogen) atoms. The van der Waals surface area contributed by atoms with Crippen LogP contribution in [0.15, 0.2) is 149 Å². The van der Waals surface area contributed by atoms with Gasteiger partial charge >= 0.3 is 0 Å². The third-order valence-corrected chi connectivity index (χ3v) is 18.4. The van der Waals surface area contributed by atoms with Crippen LogP contribution in [0.25, 0.3) is 49.5 Å². The fourth-order valence-corrected chi connectivity index (χ4v) is 14.2. The van der Waals surface area contributed by atoms with E-state index in [1.807, 2.05) is 11.8 Å². The summed E-state index contributed by atoms with van der Waals surface area (Å²) in [6.07, 6.45) is 0. The molecule has 0 unspecified atom stereocenters. The van der Waals surface area contributed by atoms with Gasteiger partial charge in [-0.15, -0.1) is 0 Å². The van der Waals surface area contributed by atoms with Crippen molar-refractivity contribution in [2.24, 2.45) is 0 Å². The zero-order valence-corrected chi connectivity index (χ0v) is 46.4. The van der Waals surface area contributed by atoms with E-state index in [0.717, 1.165) is 22.2 Å². The first-order valence-corrected chi connectivity index (χ1v) is 27.6. The molecule has 6 heteroatoms. The van der Waals surface area contributed by atoms with Crippen molar-refractivity contribution in [2.75, 3.05) is 9.80 Å². The van der Waals surface area contributed by atoms with E-state index in [4.69, 9.17) is 4.98 Å². The Balaban J connectivity index is 1.14. The van der Waals surface area contributed by atoms with Gasteiger partial charge in [-0.2, -0.15) is 0 Å². The van der Waals surface area contributed by atoms with E-state index in [0.29, 0.717) is 0 Å². The highest BCUT2D eigenvalue weighted by Gasteiger charge is 2.51. The van der Waals surface area contributed by atoms with Gasteiger partial charge in [0.15, 0.2) is 0 Å². The summed E-state index contributed by atoms with van der Waals surface area (Å²) in [6, 6.07) is 54.7. The van der Waals surface area contributed by atoms with Crippen LogP contribution in [0.4, 0.5) is 34.1 Å². The second-order valence-corrected chi connectivity index (χ2v) is 27.7. The van der Waals surface area contributed by atoms with Crippen molar-refractivity contribution < 1.29 is 0 Å². The first kappa shape index (κ1) is 45.8. The Hall–Kier alpha value is -6.76. The number of aromatic nitrogens is 2. The fraction of sp³-hybridized carbons (Fsp3) is 0.279. The number of hydrogen-bond donors (Lipinski definition) is 0. The van der Waals surface area contributed by atoms with Gasteiger partial charge in [0, 0.05) is 43.0 Å². The zero-order chi connectivity index (χ0) is 51.5. The lowest BCUT2D eigenvalue weighted by Crippen LogP contribution is -2.63. The number of anilines is 6. The maximum atomic E-state index is 5.30. The highest BCUT2D eigenvalue weighted by Crippen LogP contribution is 2.59. The van der Waals surface area contributed by atoms with Crippen molar-refractivity contribution in [3.8, 4) is 11.1 Å². The van der Waals surface area contributed by atoms with Gasteiger partial charge in [0.2, 0.25) is 0 Å². The number of imidazole rings is 1. The molecule has 0 saturated heterocycles. The SMILES string of the molecule is CC(C)(C)c1ccc2c(c1)Sc1cc(C(C)(C)C)cc3c1N2c1cc(-c2ccc4c5ccccc5c5nc6ccccc6n5c4c2)cc2c1B3c1cc(C(C)(C)C)cc3c1N2c1ccc(C(C)(C)C)cc1C3(C)C. The van der Waals surface area contributed by atoms with Gasteiger partial charge < -0.3 is 9.80 Å². The fourth-order valence-electron chi connectivity index (χ4n) is 13.0. The first-order chi connectivity index (χ1) is 35.0. The number of fused-ring (bicyclic) bond motifs is 16. The molecular formula is C68H65BN4S. The van der Waals surface area contributed by atoms with Crippen molar-refractivity contribution in [1.29, 1.82) is 0 Å². The number of benzene rings is 8. The van der Waals surface area contributed by atoms with Crippen LogP contribution in [0, 0.1) is 0 Å². The molecule has 0 bridgehead atoms. The number of rotatable bonds is 1. The number of nitrogens with zero attached hydrogens (tertiary/aromatic N) is 4. The predicted octanol–water partition coefficient (Wildman–Crippen LogP) is 16.8. The summed E-state index contributed by atoms with van der Waals surface area (Å²) in [6.45, 7) is 33.4. The van der Waals surface area contributed by atoms with Crippen LogP contribution in [0.5, 0.6) is 0 Å². The van der Waals surface area contributed by atoms with Gasteiger partial charge in [0.05, 0.1) is 33.6 Å². The van der Waals surface area contributed by atoms with Crippen LogP contribution in [0.2, 0.25) is 0 Å².